The van der Waals surface area contributed by atoms with Crippen LogP contribution in [0.15, 0.2) is 18.2 Å². The van der Waals surface area contributed by atoms with E-state index in [2.05, 4.69) is 5.32 Å². The summed E-state index contributed by atoms with van der Waals surface area (Å²) >= 11 is 0. The van der Waals surface area contributed by atoms with Crippen LogP contribution < -0.4 is 10.1 Å². The van der Waals surface area contributed by atoms with Crippen LogP contribution in [-0.2, 0) is 14.3 Å². The SMILES string of the molecule is COc1ccc(C)cc1NC(=O)C(=O)N1CCOCC1. The molecule has 1 aromatic carbocycles. The van der Waals surface area contributed by atoms with E-state index in [9.17, 15) is 9.59 Å². The lowest BCUT2D eigenvalue weighted by Gasteiger charge is -2.26. The van der Waals surface area contributed by atoms with E-state index in [1.807, 2.05) is 13.0 Å². The third kappa shape index (κ3) is 3.27. The minimum absolute atomic E-state index is 0.442. The maximum Gasteiger partial charge on any atom is 0.314 e. The van der Waals surface area contributed by atoms with Crippen LogP contribution in [0.5, 0.6) is 5.75 Å². The Morgan fingerprint density at radius 1 is 1.30 bits per heavy atom. The number of anilines is 1. The molecule has 0 unspecified atom stereocenters. The summed E-state index contributed by atoms with van der Waals surface area (Å²) in [4.78, 5) is 25.5. The van der Waals surface area contributed by atoms with Gasteiger partial charge in [-0.1, -0.05) is 6.07 Å². The Bertz CT molecular complexity index is 510. The Morgan fingerprint density at radius 3 is 2.65 bits per heavy atom. The van der Waals surface area contributed by atoms with Gasteiger partial charge in [0.25, 0.3) is 0 Å². The molecule has 0 aromatic heterocycles. The van der Waals surface area contributed by atoms with Gasteiger partial charge in [-0.2, -0.15) is 0 Å². The second-order valence-corrected chi connectivity index (χ2v) is 4.56. The molecule has 2 rings (SSSR count). The summed E-state index contributed by atoms with van der Waals surface area (Å²) in [5.41, 5.74) is 1.47. The summed E-state index contributed by atoms with van der Waals surface area (Å²) in [5.74, 6) is -0.675. The van der Waals surface area contributed by atoms with E-state index in [4.69, 9.17) is 9.47 Å². The second kappa shape index (κ2) is 6.38. The number of methoxy groups -OCH3 is 1. The summed E-state index contributed by atoms with van der Waals surface area (Å²) in [6.45, 7) is 3.72. The van der Waals surface area contributed by atoms with E-state index >= 15 is 0 Å². The van der Waals surface area contributed by atoms with Gasteiger partial charge in [0.1, 0.15) is 5.75 Å². The van der Waals surface area contributed by atoms with E-state index in [1.165, 1.54) is 12.0 Å². The van der Waals surface area contributed by atoms with E-state index < -0.39 is 11.8 Å². The highest BCUT2D eigenvalue weighted by molar-refractivity contribution is 6.39. The Hall–Kier alpha value is -2.08. The molecule has 6 nitrogen and oxygen atoms in total. The van der Waals surface area contributed by atoms with Crippen LogP contribution in [0.4, 0.5) is 5.69 Å². The Labute approximate surface area is 117 Å². The number of benzene rings is 1. The van der Waals surface area contributed by atoms with Gasteiger partial charge in [0, 0.05) is 13.1 Å². The van der Waals surface area contributed by atoms with Crippen molar-refractivity contribution in [3.05, 3.63) is 23.8 Å². The van der Waals surface area contributed by atoms with Crippen molar-refractivity contribution in [3.63, 3.8) is 0 Å². The molecule has 1 aliphatic heterocycles. The van der Waals surface area contributed by atoms with Gasteiger partial charge in [0.2, 0.25) is 0 Å². The molecule has 1 aromatic rings. The molecular weight excluding hydrogens is 260 g/mol. The summed E-state index contributed by atoms with van der Waals surface area (Å²) in [6, 6.07) is 5.39. The number of amides is 2. The van der Waals surface area contributed by atoms with Crippen LogP contribution in [0.25, 0.3) is 0 Å². The lowest BCUT2D eigenvalue weighted by atomic mass is 10.2. The number of morpholine rings is 1. The molecule has 1 fully saturated rings. The predicted octanol–water partition coefficient (Wildman–Crippen LogP) is 0.801. The number of hydrogen-bond acceptors (Lipinski definition) is 4. The molecule has 0 bridgehead atoms. The first-order chi connectivity index (χ1) is 9.61. The number of ether oxygens (including phenoxy) is 2. The van der Waals surface area contributed by atoms with Crippen molar-refractivity contribution >= 4 is 17.5 Å². The zero-order chi connectivity index (χ0) is 14.5. The average molecular weight is 278 g/mol. The monoisotopic (exact) mass is 278 g/mol. The van der Waals surface area contributed by atoms with E-state index in [0.29, 0.717) is 37.7 Å². The minimum Gasteiger partial charge on any atom is -0.495 e. The lowest BCUT2D eigenvalue weighted by Crippen LogP contribution is -2.45. The summed E-state index contributed by atoms with van der Waals surface area (Å²) in [6.07, 6.45) is 0. The molecule has 0 radical (unpaired) electrons. The highest BCUT2D eigenvalue weighted by Crippen LogP contribution is 2.25. The molecule has 0 aliphatic carbocycles. The molecule has 1 saturated heterocycles. The van der Waals surface area contributed by atoms with Crippen LogP contribution in [0.2, 0.25) is 0 Å². The van der Waals surface area contributed by atoms with Gasteiger partial charge in [-0.05, 0) is 24.6 Å². The molecule has 1 N–H and O–H groups in total. The highest BCUT2D eigenvalue weighted by atomic mass is 16.5. The molecule has 0 atom stereocenters. The van der Waals surface area contributed by atoms with E-state index in [0.717, 1.165) is 5.56 Å². The lowest BCUT2D eigenvalue weighted by molar-refractivity contribution is -0.145. The van der Waals surface area contributed by atoms with E-state index in [1.54, 1.807) is 12.1 Å². The van der Waals surface area contributed by atoms with Crippen molar-refractivity contribution in [1.82, 2.24) is 4.90 Å². The molecule has 1 heterocycles. The van der Waals surface area contributed by atoms with Crippen molar-refractivity contribution in [2.45, 2.75) is 6.92 Å². The molecular formula is C14H18N2O4. The fraction of sp³-hybridized carbons (Fsp3) is 0.429. The number of nitrogens with zero attached hydrogens (tertiary/aromatic N) is 1. The smallest absolute Gasteiger partial charge is 0.314 e. The van der Waals surface area contributed by atoms with Crippen LogP contribution in [0, 0.1) is 6.92 Å². The van der Waals surface area contributed by atoms with Crippen molar-refractivity contribution in [1.29, 1.82) is 0 Å². The molecule has 0 saturated carbocycles. The van der Waals surface area contributed by atoms with Crippen molar-refractivity contribution < 1.29 is 19.1 Å². The molecule has 20 heavy (non-hydrogen) atoms. The van der Waals surface area contributed by atoms with Crippen LogP contribution in [0.1, 0.15) is 5.56 Å². The fourth-order valence-electron chi connectivity index (χ4n) is 2.01. The Balaban J connectivity index is 2.07. The first-order valence-corrected chi connectivity index (χ1v) is 6.44. The van der Waals surface area contributed by atoms with Crippen molar-refractivity contribution in [3.8, 4) is 5.75 Å². The Kier molecular flexibility index (Phi) is 4.57. The number of hydrogen-bond donors (Lipinski definition) is 1. The molecule has 2 amide bonds. The molecule has 0 spiro atoms. The van der Waals surface area contributed by atoms with E-state index in [-0.39, 0.29) is 0 Å². The largest absolute Gasteiger partial charge is 0.495 e. The highest BCUT2D eigenvalue weighted by Gasteiger charge is 2.24. The van der Waals surface area contributed by atoms with Gasteiger partial charge in [0.15, 0.2) is 0 Å². The maximum absolute atomic E-state index is 12.0. The number of rotatable bonds is 2. The average Bonchev–Trinajstić information content (AvgIpc) is 2.47. The van der Waals surface area contributed by atoms with Gasteiger partial charge in [-0.25, -0.2) is 0 Å². The summed E-state index contributed by atoms with van der Waals surface area (Å²) in [5, 5.41) is 2.60. The van der Waals surface area contributed by atoms with Crippen LogP contribution in [-0.4, -0.2) is 50.1 Å². The van der Waals surface area contributed by atoms with Gasteiger partial charge in [-0.15, -0.1) is 0 Å². The van der Waals surface area contributed by atoms with Crippen molar-refractivity contribution in [2.24, 2.45) is 0 Å². The fourth-order valence-corrected chi connectivity index (χ4v) is 2.01. The number of carbonyl (C=O) groups is 2. The first kappa shape index (κ1) is 14.3. The zero-order valence-electron chi connectivity index (χ0n) is 11.6. The summed E-state index contributed by atoms with van der Waals surface area (Å²) < 4.78 is 10.3. The van der Waals surface area contributed by atoms with Gasteiger partial charge < -0.3 is 19.7 Å². The third-order valence-corrected chi connectivity index (χ3v) is 3.10. The topological polar surface area (TPSA) is 67.9 Å². The molecule has 1 aliphatic rings. The standard InChI is InChI=1S/C14H18N2O4/c1-10-3-4-12(19-2)11(9-10)15-13(17)14(18)16-5-7-20-8-6-16/h3-4,9H,5-8H2,1-2H3,(H,15,17). The maximum atomic E-state index is 12.0. The molecule has 108 valence electrons. The number of carbonyl (C=O) groups excluding carboxylic acids is 2. The normalized spacial score (nSPS) is 14.8. The third-order valence-electron chi connectivity index (χ3n) is 3.10. The second-order valence-electron chi connectivity index (χ2n) is 4.56. The van der Waals surface area contributed by atoms with Crippen LogP contribution >= 0.6 is 0 Å². The number of aryl methyl sites for hydroxylation is 1. The van der Waals surface area contributed by atoms with Gasteiger partial charge in [-0.3, -0.25) is 9.59 Å². The molecule has 6 heteroatoms. The Morgan fingerprint density at radius 2 is 2.00 bits per heavy atom. The zero-order valence-corrected chi connectivity index (χ0v) is 11.6. The van der Waals surface area contributed by atoms with Gasteiger partial charge >= 0.3 is 11.8 Å². The van der Waals surface area contributed by atoms with Crippen molar-refractivity contribution in [2.75, 3.05) is 38.7 Å². The quantitative estimate of drug-likeness (QED) is 0.813. The summed E-state index contributed by atoms with van der Waals surface area (Å²) in [7, 11) is 1.52. The van der Waals surface area contributed by atoms with Crippen LogP contribution in [0.3, 0.4) is 0 Å². The van der Waals surface area contributed by atoms with Gasteiger partial charge in [0.05, 0.1) is 26.0 Å². The minimum atomic E-state index is -0.657. The first-order valence-electron chi connectivity index (χ1n) is 6.44. The predicted molar refractivity (Wildman–Crippen MR) is 73.8 cm³/mol. The number of nitrogens with one attached hydrogen (secondary N) is 1.